The number of anilines is 1. The summed E-state index contributed by atoms with van der Waals surface area (Å²) in [6.45, 7) is 6.07. The summed E-state index contributed by atoms with van der Waals surface area (Å²) in [6.07, 6.45) is 1.65. The average Bonchev–Trinajstić information content (AvgIpc) is 2.46. The maximum absolute atomic E-state index is 12.7. The summed E-state index contributed by atoms with van der Waals surface area (Å²) in [6, 6.07) is 7.92. The molecule has 1 fully saturated rings. The van der Waals surface area contributed by atoms with Crippen molar-refractivity contribution in [1.29, 1.82) is 0 Å². The quantitative estimate of drug-likeness (QED) is 0.859. The van der Waals surface area contributed by atoms with E-state index in [1.54, 1.807) is 0 Å². The van der Waals surface area contributed by atoms with Crippen LogP contribution in [0.3, 0.4) is 0 Å². The fourth-order valence-electron chi connectivity index (χ4n) is 2.56. The predicted octanol–water partition coefficient (Wildman–Crippen LogP) is 2.43. The molecule has 20 heavy (non-hydrogen) atoms. The molecule has 110 valence electrons. The van der Waals surface area contributed by atoms with E-state index in [1.807, 2.05) is 29.2 Å². The lowest BCUT2D eigenvalue weighted by Crippen LogP contribution is -2.42. The van der Waals surface area contributed by atoms with Crippen LogP contribution in [-0.2, 0) is 16.1 Å². The number of amides is 1. The number of carbonyl (C=O) groups is 1. The number of carbonyl (C=O) groups excluding carboxylic acids is 1. The van der Waals surface area contributed by atoms with E-state index >= 15 is 0 Å². The molecule has 1 saturated heterocycles. The first-order valence-electron chi connectivity index (χ1n) is 7.31. The Balaban J connectivity index is 2.10. The van der Waals surface area contributed by atoms with Crippen molar-refractivity contribution < 1.29 is 9.53 Å². The number of ether oxygens (including phenoxy) is 1. The molecule has 4 nitrogen and oxygen atoms in total. The smallest absolute Gasteiger partial charge is 0.226 e. The van der Waals surface area contributed by atoms with Crippen molar-refractivity contribution >= 4 is 11.6 Å². The molecule has 0 bridgehead atoms. The second-order valence-corrected chi connectivity index (χ2v) is 5.65. The summed E-state index contributed by atoms with van der Waals surface area (Å²) in [5.74, 6) is 0.322. The molecule has 0 aliphatic carbocycles. The van der Waals surface area contributed by atoms with Crippen molar-refractivity contribution in [2.75, 3.05) is 18.9 Å². The zero-order valence-corrected chi connectivity index (χ0v) is 12.3. The highest BCUT2D eigenvalue weighted by atomic mass is 16.5. The van der Waals surface area contributed by atoms with Gasteiger partial charge in [-0.1, -0.05) is 18.2 Å². The minimum atomic E-state index is 0.0936. The molecule has 0 spiro atoms. The molecule has 0 unspecified atom stereocenters. The normalized spacial score (nSPS) is 16.4. The van der Waals surface area contributed by atoms with E-state index < -0.39 is 0 Å². The number of benzene rings is 1. The summed E-state index contributed by atoms with van der Waals surface area (Å²) in [4.78, 5) is 14.6. The van der Waals surface area contributed by atoms with Gasteiger partial charge in [0.1, 0.15) is 0 Å². The molecular weight excluding hydrogens is 252 g/mol. The third-order valence-corrected chi connectivity index (χ3v) is 3.87. The maximum atomic E-state index is 12.7. The molecule has 1 heterocycles. The summed E-state index contributed by atoms with van der Waals surface area (Å²) < 4.78 is 5.34. The first-order valence-corrected chi connectivity index (χ1v) is 7.31. The Morgan fingerprint density at radius 2 is 2.00 bits per heavy atom. The number of nitrogen functional groups attached to an aromatic ring is 1. The van der Waals surface area contributed by atoms with E-state index in [0.29, 0.717) is 19.8 Å². The monoisotopic (exact) mass is 276 g/mol. The highest BCUT2D eigenvalue weighted by molar-refractivity contribution is 5.79. The van der Waals surface area contributed by atoms with Gasteiger partial charge in [0, 0.05) is 37.4 Å². The molecule has 2 rings (SSSR count). The fraction of sp³-hybridized carbons (Fsp3) is 0.562. The lowest BCUT2D eigenvalue weighted by atomic mass is 9.97. The van der Waals surface area contributed by atoms with E-state index in [9.17, 15) is 4.79 Å². The van der Waals surface area contributed by atoms with Crippen LogP contribution < -0.4 is 5.73 Å². The molecule has 0 aromatic heterocycles. The van der Waals surface area contributed by atoms with Gasteiger partial charge < -0.3 is 15.4 Å². The van der Waals surface area contributed by atoms with Gasteiger partial charge in [0.2, 0.25) is 5.91 Å². The molecule has 0 atom stereocenters. The SMILES string of the molecule is CC(C)N(Cc1ccccc1N)C(=O)C1CCOCC1. The third-order valence-electron chi connectivity index (χ3n) is 3.87. The van der Waals surface area contributed by atoms with Crippen molar-refractivity contribution in [3.05, 3.63) is 29.8 Å². The van der Waals surface area contributed by atoms with Gasteiger partial charge >= 0.3 is 0 Å². The number of hydrogen-bond donors (Lipinski definition) is 1. The Morgan fingerprint density at radius 3 is 2.60 bits per heavy atom. The summed E-state index contributed by atoms with van der Waals surface area (Å²) in [5, 5.41) is 0. The van der Waals surface area contributed by atoms with Crippen LogP contribution in [-0.4, -0.2) is 30.1 Å². The van der Waals surface area contributed by atoms with E-state index in [1.165, 1.54) is 0 Å². The predicted molar refractivity (Wildman–Crippen MR) is 80.1 cm³/mol. The van der Waals surface area contributed by atoms with Crippen molar-refractivity contribution in [3.63, 3.8) is 0 Å². The van der Waals surface area contributed by atoms with Crippen LogP contribution in [0.5, 0.6) is 0 Å². The maximum Gasteiger partial charge on any atom is 0.226 e. The van der Waals surface area contributed by atoms with E-state index in [2.05, 4.69) is 13.8 Å². The van der Waals surface area contributed by atoms with Crippen LogP contribution in [0.2, 0.25) is 0 Å². The van der Waals surface area contributed by atoms with Gasteiger partial charge in [-0.05, 0) is 38.3 Å². The van der Waals surface area contributed by atoms with Crippen molar-refractivity contribution in [2.24, 2.45) is 5.92 Å². The van der Waals surface area contributed by atoms with Crippen LogP contribution >= 0.6 is 0 Å². The van der Waals surface area contributed by atoms with Crippen molar-refractivity contribution in [2.45, 2.75) is 39.3 Å². The van der Waals surface area contributed by atoms with Gasteiger partial charge in [-0.2, -0.15) is 0 Å². The second-order valence-electron chi connectivity index (χ2n) is 5.65. The van der Waals surface area contributed by atoms with Gasteiger partial charge in [-0.25, -0.2) is 0 Å². The molecule has 0 radical (unpaired) electrons. The molecule has 1 aliphatic heterocycles. The summed E-state index contributed by atoms with van der Waals surface area (Å²) in [5.41, 5.74) is 7.75. The van der Waals surface area contributed by atoms with Gasteiger partial charge in [0.15, 0.2) is 0 Å². The first kappa shape index (κ1) is 14.9. The highest BCUT2D eigenvalue weighted by Crippen LogP contribution is 2.22. The van der Waals surface area contributed by atoms with Gasteiger partial charge in [0.05, 0.1) is 0 Å². The van der Waals surface area contributed by atoms with E-state index in [0.717, 1.165) is 24.1 Å². The van der Waals surface area contributed by atoms with Crippen LogP contribution in [0.15, 0.2) is 24.3 Å². The van der Waals surface area contributed by atoms with E-state index in [-0.39, 0.29) is 17.9 Å². The Bertz CT molecular complexity index is 454. The minimum Gasteiger partial charge on any atom is -0.398 e. The molecule has 1 aromatic rings. The van der Waals surface area contributed by atoms with Gasteiger partial charge in [0.25, 0.3) is 0 Å². The fourth-order valence-corrected chi connectivity index (χ4v) is 2.56. The molecule has 1 aliphatic rings. The number of rotatable bonds is 4. The number of nitrogens with two attached hydrogens (primary N) is 1. The second kappa shape index (κ2) is 6.75. The minimum absolute atomic E-state index is 0.0936. The standard InChI is InChI=1S/C16H24N2O2/c1-12(2)18(11-14-5-3-4-6-15(14)17)16(19)13-7-9-20-10-8-13/h3-6,12-13H,7-11,17H2,1-2H3. The summed E-state index contributed by atoms with van der Waals surface area (Å²) in [7, 11) is 0. The molecular formula is C16H24N2O2. The van der Waals surface area contributed by atoms with Gasteiger partial charge in [-0.3, -0.25) is 4.79 Å². The molecule has 1 amide bonds. The summed E-state index contributed by atoms with van der Waals surface area (Å²) >= 11 is 0. The van der Waals surface area contributed by atoms with Crippen molar-refractivity contribution in [3.8, 4) is 0 Å². The number of nitrogens with zero attached hydrogens (tertiary/aromatic N) is 1. The lowest BCUT2D eigenvalue weighted by Gasteiger charge is -2.32. The largest absolute Gasteiger partial charge is 0.398 e. The molecule has 2 N–H and O–H groups in total. The Kier molecular flexibility index (Phi) is 5.01. The Hall–Kier alpha value is -1.55. The molecule has 1 aromatic carbocycles. The van der Waals surface area contributed by atoms with Crippen LogP contribution in [0.1, 0.15) is 32.3 Å². The van der Waals surface area contributed by atoms with Crippen LogP contribution in [0.25, 0.3) is 0 Å². The third kappa shape index (κ3) is 3.51. The van der Waals surface area contributed by atoms with E-state index in [4.69, 9.17) is 10.5 Å². The van der Waals surface area contributed by atoms with Crippen LogP contribution in [0.4, 0.5) is 5.69 Å². The zero-order chi connectivity index (χ0) is 14.5. The highest BCUT2D eigenvalue weighted by Gasteiger charge is 2.28. The first-order chi connectivity index (χ1) is 9.59. The molecule has 0 saturated carbocycles. The lowest BCUT2D eigenvalue weighted by molar-refractivity contribution is -0.141. The van der Waals surface area contributed by atoms with Crippen molar-refractivity contribution in [1.82, 2.24) is 4.90 Å². The van der Waals surface area contributed by atoms with Gasteiger partial charge in [-0.15, -0.1) is 0 Å². The molecule has 4 heteroatoms. The number of hydrogen-bond acceptors (Lipinski definition) is 3. The van der Waals surface area contributed by atoms with Crippen LogP contribution in [0, 0.1) is 5.92 Å². The Labute approximate surface area is 120 Å². The number of para-hydroxylation sites is 1. The topological polar surface area (TPSA) is 55.6 Å². The zero-order valence-electron chi connectivity index (χ0n) is 12.3. The Morgan fingerprint density at radius 1 is 1.35 bits per heavy atom. The average molecular weight is 276 g/mol.